The van der Waals surface area contributed by atoms with Gasteiger partial charge in [0.15, 0.2) is 0 Å². The van der Waals surface area contributed by atoms with Crippen molar-refractivity contribution in [1.82, 2.24) is 10.2 Å². The van der Waals surface area contributed by atoms with Crippen LogP contribution in [0, 0.1) is 5.92 Å². The summed E-state index contributed by atoms with van der Waals surface area (Å²) in [5.74, 6) is -1.64. The number of aliphatic carboxylic acids is 1. The standard InChI is InChI=1S/C20H20N2O3/c23-18-16-9-5-4-8-15(16)10-20(21-18)13-22(12-17(20)19(24)25)11-14-6-2-1-3-7-14/h1-9,17H,10-13H2,(H,21,23)(H,24,25)/t17-,20+/m0/s1. The average Bonchev–Trinajstić information content (AvgIpc) is 2.93. The normalized spacial score (nSPS) is 25.6. The van der Waals surface area contributed by atoms with Crippen molar-refractivity contribution in [3.8, 4) is 0 Å². The number of rotatable bonds is 3. The lowest BCUT2D eigenvalue weighted by atomic mass is 9.77. The number of nitrogens with zero attached hydrogens (tertiary/aromatic N) is 1. The highest BCUT2D eigenvalue weighted by Gasteiger charge is 2.53. The Morgan fingerprint density at radius 2 is 1.88 bits per heavy atom. The average molecular weight is 336 g/mol. The van der Waals surface area contributed by atoms with Crippen molar-refractivity contribution < 1.29 is 14.7 Å². The first-order valence-electron chi connectivity index (χ1n) is 8.47. The third-order valence-corrected chi connectivity index (χ3v) is 5.29. The van der Waals surface area contributed by atoms with E-state index in [9.17, 15) is 14.7 Å². The van der Waals surface area contributed by atoms with Crippen LogP contribution in [0.4, 0.5) is 0 Å². The van der Waals surface area contributed by atoms with E-state index in [1.165, 1.54) is 0 Å². The van der Waals surface area contributed by atoms with Crippen LogP contribution in [-0.4, -0.2) is 40.5 Å². The summed E-state index contributed by atoms with van der Waals surface area (Å²) in [7, 11) is 0. The van der Waals surface area contributed by atoms with Gasteiger partial charge in [0.1, 0.15) is 0 Å². The molecule has 0 bridgehead atoms. The Balaban J connectivity index is 1.64. The molecule has 0 radical (unpaired) electrons. The Kier molecular flexibility index (Phi) is 3.81. The molecular weight excluding hydrogens is 316 g/mol. The molecular formula is C20H20N2O3. The minimum Gasteiger partial charge on any atom is -0.481 e. The van der Waals surface area contributed by atoms with E-state index < -0.39 is 17.4 Å². The van der Waals surface area contributed by atoms with Gasteiger partial charge in [0, 0.05) is 25.2 Å². The largest absolute Gasteiger partial charge is 0.481 e. The minimum atomic E-state index is -0.852. The molecule has 0 saturated carbocycles. The number of nitrogens with one attached hydrogen (secondary N) is 1. The molecule has 0 aliphatic carbocycles. The highest BCUT2D eigenvalue weighted by atomic mass is 16.4. The molecule has 0 unspecified atom stereocenters. The summed E-state index contributed by atoms with van der Waals surface area (Å²) in [6.45, 7) is 1.66. The van der Waals surface area contributed by atoms with Crippen LogP contribution in [0.3, 0.4) is 0 Å². The van der Waals surface area contributed by atoms with E-state index in [0.717, 1.165) is 11.1 Å². The molecule has 2 aliphatic rings. The predicted octanol–water partition coefficient (Wildman–Crippen LogP) is 1.93. The van der Waals surface area contributed by atoms with Gasteiger partial charge in [0.2, 0.25) is 0 Å². The molecule has 4 rings (SSSR count). The van der Waals surface area contributed by atoms with Crippen LogP contribution < -0.4 is 5.32 Å². The number of hydrogen-bond acceptors (Lipinski definition) is 3. The predicted molar refractivity (Wildman–Crippen MR) is 93.2 cm³/mol. The fraction of sp³-hybridized carbons (Fsp3) is 0.300. The van der Waals surface area contributed by atoms with Gasteiger partial charge < -0.3 is 10.4 Å². The fourth-order valence-corrected chi connectivity index (χ4v) is 4.16. The van der Waals surface area contributed by atoms with Crippen molar-refractivity contribution in [2.24, 2.45) is 5.92 Å². The van der Waals surface area contributed by atoms with Crippen LogP contribution in [0.15, 0.2) is 54.6 Å². The molecule has 5 heteroatoms. The molecule has 2 atom stereocenters. The van der Waals surface area contributed by atoms with E-state index in [1.807, 2.05) is 48.5 Å². The lowest BCUT2D eigenvalue weighted by Crippen LogP contribution is -2.60. The Morgan fingerprint density at radius 3 is 2.64 bits per heavy atom. The summed E-state index contributed by atoms with van der Waals surface area (Å²) in [4.78, 5) is 26.6. The van der Waals surface area contributed by atoms with Crippen LogP contribution in [0.1, 0.15) is 21.5 Å². The summed E-state index contributed by atoms with van der Waals surface area (Å²) in [5, 5.41) is 12.8. The van der Waals surface area contributed by atoms with Crippen molar-refractivity contribution in [2.75, 3.05) is 13.1 Å². The number of carbonyl (C=O) groups excluding carboxylic acids is 1. The van der Waals surface area contributed by atoms with Gasteiger partial charge in [-0.15, -0.1) is 0 Å². The summed E-state index contributed by atoms with van der Waals surface area (Å²) in [5.41, 5.74) is 1.98. The van der Waals surface area contributed by atoms with Gasteiger partial charge in [0.25, 0.3) is 5.91 Å². The number of benzene rings is 2. The van der Waals surface area contributed by atoms with Crippen LogP contribution in [0.5, 0.6) is 0 Å². The zero-order valence-corrected chi connectivity index (χ0v) is 13.8. The summed E-state index contributed by atoms with van der Waals surface area (Å²) < 4.78 is 0. The SMILES string of the molecule is O=C1N[C@]2(Cc3ccccc31)CN(Cc1ccccc1)C[C@H]2C(=O)O. The van der Waals surface area contributed by atoms with Crippen molar-refractivity contribution in [3.63, 3.8) is 0 Å². The van der Waals surface area contributed by atoms with Gasteiger partial charge in [-0.3, -0.25) is 14.5 Å². The first-order valence-corrected chi connectivity index (χ1v) is 8.47. The Morgan fingerprint density at radius 1 is 1.16 bits per heavy atom. The third kappa shape index (κ3) is 2.81. The molecule has 0 aromatic heterocycles. The second kappa shape index (κ2) is 6.01. The molecule has 2 aromatic rings. The Bertz CT molecular complexity index is 821. The van der Waals surface area contributed by atoms with E-state index in [0.29, 0.717) is 31.6 Å². The Labute approximate surface area is 146 Å². The fourth-order valence-electron chi connectivity index (χ4n) is 4.16. The summed E-state index contributed by atoms with van der Waals surface area (Å²) in [6.07, 6.45) is 0.553. The lowest BCUT2D eigenvalue weighted by molar-refractivity contribution is -0.143. The second-order valence-electron chi connectivity index (χ2n) is 6.99. The van der Waals surface area contributed by atoms with Crippen molar-refractivity contribution in [2.45, 2.75) is 18.5 Å². The highest BCUT2D eigenvalue weighted by molar-refractivity contribution is 5.98. The van der Waals surface area contributed by atoms with Crippen molar-refractivity contribution in [3.05, 3.63) is 71.3 Å². The zero-order valence-electron chi connectivity index (χ0n) is 13.8. The number of carboxylic acid groups (broad SMARTS) is 1. The van der Waals surface area contributed by atoms with Gasteiger partial charge in [-0.2, -0.15) is 0 Å². The van der Waals surface area contributed by atoms with Crippen molar-refractivity contribution >= 4 is 11.9 Å². The van der Waals surface area contributed by atoms with Crippen molar-refractivity contribution in [1.29, 1.82) is 0 Å². The molecule has 2 aromatic carbocycles. The molecule has 1 amide bonds. The topological polar surface area (TPSA) is 69.6 Å². The molecule has 5 nitrogen and oxygen atoms in total. The van der Waals surface area contributed by atoms with Gasteiger partial charge in [-0.25, -0.2) is 0 Å². The number of amides is 1. The maximum absolute atomic E-state index is 12.6. The Hall–Kier alpha value is -2.66. The van der Waals surface area contributed by atoms with Crippen LogP contribution in [0.25, 0.3) is 0 Å². The van der Waals surface area contributed by atoms with E-state index in [2.05, 4.69) is 10.2 Å². The van der Waals surface area contributed by atoms with Gasteiger partial charge in [-0.05, 0) is 23.6 Å². The van der Waals surface area contributed by atoms with Gasteiger partial charge in [-0.1, -0.05) is 48.5 Å². The molecule has 2 heterocycles. The van der Waals surface area contributed by atoms with E-state index >= 15 is 0 Å². The summed E-state index contributed by atoms with van der Waals surface area (Å²) >= 11 is 0. The zero-order chi connectivity index (χ0) is 17.4. The molecule has 1 spiro atoms. The number of fused-ring (bicyclic) bond motifs is 1. The maximum Gasteiger partial charge on any atom is 0.310 e. The van der Waals surface area contributed by atoms with Gasteiger partial charge >= 0.3 is 5.97 Å². The highest BCUT2D eigenvalue weighted by Crippen LogP contribution is 2.36. The molecule has 2 aliphatic heterocycles. The monoisotopic (exact) mass is 336 g/mol. The molecule has 1 fully saturated rings. The third-order valence-electron chi connectivity index (χ3n) is 5.29. The van der Waals surface area contributed by atoms with Crippen LogP contribution in [0.2, 0.25) is 0 Å². The van der Waals surface area contributed by atoms with E-state index in [4.69, 9.17) is 0 Å². The number of likely N-dealkylation sites (tertiary alicyclic amines) is 1. The van der Waals surface area contributed by atoms with Gasteiger partial charge in [0.05, 0.1) is 11.5 Å². The second-order valence-corrected chi connectivity index (χ2v) is 6.99. The number of carboxylic acids is 1. The smallest absolute Gasteiger partial charge is 0.310 e. The first kappa shape index (κ1) is 15.8. The number of carbonyl (C=O) groups is 2. The van der Waals surface area contributed by atoms with Crippen LogP contribution in [-0.2, 0) is 17.8 Å². The molecule has 1 saturated heterocycles. The van der Waals surface area contributed by atoms with Crippen LogP contribution >= 0.6 is 0 Å². The maximum atomic E-state index is 12.6. The first-order chi connectivity index (χ1) is 12.1. The number of hydrogen-bond donors (Lipinski definition) is 2. The van der Waals surface area contributed by atoms with E-state index in [1.54, 1.807) is 6.07 Å². The molecule has 25 heavy (non-hydrogen) atoms. The lowest BCUT2D eigenvalue weighted by Gasteiger charge is -2.38. The summed E-state index contributed by atoms with van der Waals surface area (Å²) in [6, 6.07) is 17.5. The quantitative estimate of drug-likeness (QED) is 0.899. The van der Waals surface area contributed by atoms with E-state index in [-0.39, 0.29) is 5.91 Å². The minimum absolute atomic E-state index is 0.172. The molecule has 2 N–H and O–H groups in total. The molecule has 128 valence electrons.